The fraction of sp³-hybridized carbons (Fsp3) is 0.500. The minimum absolute atomic E-state index is 0.0222. The molecular weight excluding hydrogens is 344 g/mol. The molecule has 0 saturated carbocycles. The third kappa shape index (κ3) is 3.93. The first-order valence-corrected chi connectivity index (χ1v) is 9.40. The van der Waals surface area contributed by atoms with Crippen molar-refractivity contribution in [3.63, 3.8) is 0 Å². The number of likely N-dealkylation sites (tertiary alicyclic amines) is 1. The molecule has 2 aromatic rings. The van der Waals surface area contributed by atoms with E-state index in [1.54, 1.807) is 17.8 Å². The van der Waals surface area contributed by atoms with E-state index in [0.29, 0.717) is 18.5 Å². The largest absolute Gasteiger partial charge is 0.391 e. The van der Waals surface area contributed by atoms with E-state index in [2.05, 4.69) is 10.3 Å². The lowest BCUT2D eigenvalue weighted by atomic mass is 10.0. The van der Waals surface area contributed by atoms with Gasteiger partial charge in [-0.2, -0.15) is 0 Å². The summed E-state index contributed by atoms with van der Waals surface area (Å²) < 4.78 is 1.58. The fourth-order valence-corrected chi connectivity index (χ4v) is 3.63. The second kappa shape index (κ2) is 8.00. The molecule has 1 saturated heterocycles. The standard InChI is InChI=1S/C20H26N4O3/c1-4-18(26)17-10-15(25)11-23(17)20(27)19(13(2)3)24-12-16(21-22-24)14-8-6-5-7-9-14/h5-9,12-13,15,17,19,25H,4,10-11H2,1-3H3. The molecule has 0 aliphatic carbocycles. The molecule has 1 aromatic carbocycles. The lowest BCUT2D eigenvalue weighted by molar-refractivity contribution is -0.141. The van der Waals surface area contributed by atoms with Gasteiger partial charge in [-0.1, -0.05) is 56.3 Å². The lowest BCUT2D eigenvalue weighted by Gasteiger charge is -2.29. The number of benzene rings is 1. The van der Waals surface area contributed by atoms with E-state index in [9.17, 15) is 14.7 Å². The predicted octanol–water partition coefficient (Wildman–Crippen LogP) is 2.08. The highest BCUT2D eigenvalue weighted by Crippen LogP contribution is 2.28. The summed E-state index contributed by atoms with van der Waals surface area (Å²) in [6, 6.07) is 8.51. The van der Waals surface area contributed by atoms with Crippen molar-refractivity contribution in [1.29, 1.82) is 0 Å². The molecule has 1 aliphatic heterocycles. The van der Waals surface area contributed by atoms with Gasteiger partial charge in [0.15, 0.2) is 5.78 Å². The first-order chi connectivity index (χ1) is 12.9. The van der Waals surface area contributed by atoms with Gasteiger partial charge in [0.05, 0.1) is 18.3 Å². The lowest BCUT2D eigenvalue weighted by Crippen LogP contribution is -2.45. The van der Waals surface area contributed by atoms with Crippen molar-refractivity contribution in [2.75, 3.05) is 6.54 Å². The highest BCUT2D eigenvalue weighted by Gasteiger charge is 2.41. The van der Waals surface area contributed by atoms with E-state index in [-0.39, 0.29) is 24.2 Å². The molecule has 1 N–H and O–H groups in total. The van der Waals surface area contributed by atoms with E-state index in [1.807, 2.05) is 44.2 Å². The Labute approximate surface area is 159 Å². The molecule has 7 nitrogen and oxygen atoms in total. The molecule has 0 radical (unpaired) electrons. The monoisotopic (exact) mass is 370 g/mol. The van der Waals surface area contributed by atoms with Crippen molar-refractivity contribution in [3.8, 4) is 11.3 Å². The van der Waals surface area contributed by atoms with Crippen LogP contribution in [0.3, 0.4) is 0 Å². The van der Waals surface area contributed by atoms with Crippen LogP contribution in [-0.2, 0) is 9.59 Å². The maximum atomic E-state index is 13.3. The van der Waals surface area contributed by atoms with Gasteiger partial charge < -0.3 is 10.0 Å². The Kier molecular flexibility index (Phi) is 5.70. The number of hydrogen-bond donors (Lipinski definition) is 1. The third-order valence-corrected chi connectivity index (χ3v) is 5.03. The number of aromatic nitrogens is 3. The van der Waals surface area contributed by atoms with Crippen molar-refractivity contribution in [1.82, 2.24) is 19.9 Å². The summed E-state index contributed by atoms with van der Waals surface area (Å²) in [6.07, 6.45) is 1.74. The molecule has 27 heavy (non-hydrogen) atoms. The number of carbonyl (C=O) groups excluding carboxylic acids is 2. The van der Waals surface area contributed by atoms with Crippen LogP contribution in [-0.4, -0.2) is 55.4 Å². The van der Waals surface area contributed by atoms with Crippen molar-refractivity contribution in [2.24, 2.45) is 5.92 Å². The number of aliphatic hydroxyl groups excluding tert-OH is 1. The summed E-state index contributed by atoms with van der Waals surface area (Å²) in [5.41, 5.74) is 1.62. The number of rotatable bonds is 6. The fourth-order valence-electron chi connectivity index (χ4n) is 3.63. The van der Waals surface area contributed by atoms with E-state index >= 15 is 0 Å². The number of hydrogen-bond acceptors (Lipinski definition) is 5. The number of amides is 1. The molecule has 3 rings (SSSR count). The topological polar surface area (TPSA) is 88.3 Å². The molecule has 1 fully saturated rings. The van der Waals surface area contributed by atoms with Gasteiger partial charge in [-0.25, -0.2) is 4.68 Å². The Hall–Kier alpha value is -2.54. The number of nitrogens with zero attached hydrogens (tertiary/aromatic N) is 4. The first-order valence-electron chi connectivity index (χ1n) is 9.40. The van der Waals surface area contributed by atoms with Gasteiger partial charge in [-0.15, -0.1) is 5.10 Å². The van der Waals surface area contributed by atoms with Gasteiger partial charge in [0.1, 0.15) is 11.7 Å². The van der Waals surface area contributed by atoms with Gasteiger partial charge in [0, 0.05) is 24.9 Å². The summed E-state index contributed by atoms with van der Waals surface area (Å²) in [7, 11) is 0. The maximum absolute atomic E-state index is 13.3. The van der Waals surface area contributed by atoms with Gasteiger partial charge in [0.25, 0.3) is 0 Å². The zero-order valence-electron chi connectivity index (χ0n) is 15.9. The molecule has 1 amide bonds. The second-order valence-corrected chi connectivity index (χ2v) is 7.35. The Morgan fingerprint density at radius 3 is 2.59 bits per heavy atom. The molecule has 1 aliphatic rings. The average Bonchev–Trinajstić information content (AvgIpc) is 3.28. The highest BCUT2D eigenvalue weighted by atomic mass is 16.3. The zero-order chi connectivity index (χ0) is 19.6. The first kappa shape index (κ1) is 19.2. The summed E-state index contributed by atoms with van der Waals surface area (Å²) in [6.45, 7) is 5.84. The van der Waals surface area contributed by atoms with Crippen molar-refractivity contribution in [2.45, 2.75) is 51.8 Å². The number of Topliss-reactive ketones (excluding diaryl/α,β-unsaturated/α-hetero) is 1. The Bertz CT molecular complexity index is 803. The van der Waals surface area contributed by atoms with Crippen LogP contribution in [0.1, 0.15) is 39.7 Å². The van der Waals surface area contributed by atoms with E-state index in [0.717, 1.165) is 5.56 Å². The van der Waals surface area contributed by atoms with Gasteiger partial charge in [0.2, 0.25) is 5.91 Å². The highest BCUT2D eigenvalue weighted by molar-refractivity contribution is 5.91. The molecule has 7 heteroatoms. The van der Waals surface area contributed by atoms with Crippen LogP contribution in [0.5, 0.6) is 0 Å². The van der Waals surface area contributed by atoms with Crippen LogP contribution in [0.25, 0.3) is 11.3 Å². The number of carbonyl (C=O) groups is 2. The molecular formula is C20H26N4O3. The Morgan fingerprint density at radius 2 is 1.96 bits per heavy atom. The molecule has 3 unspecified atom stereocenters. The van der Waals surface area contributed by atoms with Crippen LogP contribution in [0.4, 0.5) is 0 Å². The minimum atomic E-state index is -0.669. The van der Waals surface area contributed by atoms with Crippen LogP contribution in [0.2, 0.25) is 0 Å². The van der Waals surface area contributed by atoms with Crippen molar-refractivity contribution in [3.05, 3.63) is 36.5 Å². The summed E-state index contributed by atoms with van der Waals surface area (Å²) in [4.78, 5) is 27.1. The van der Waals surface area contributed by atoms with Gasteiger partial charge in [-0.05, 0) is 5.92 Å². The molecule has 0 bridgehead atoms. The summed E-state index contributed by atoms with van der Waals surface area (Å²) >= 11 is 0. The van der Waals surface area contributed by atoms with Crippen molar-refractivity contribution >= 4 is 11.7 Å². The minimum Gasteiger partial charge on any atom is -0.391 e. The predicted molar refractivity (Wildman–Crippen MR) is 101 cm³/mol. The molecule has 144 valence electrons. The summed E-state index contributed by atoms with van der Waals surface area (Å²) in [5.74, 6) is -0.262. The average molecular weight is 370 g/mol. The summed E-state index contributed by atoms with van der Waals surface area (Å²) in [5, 5.41) is 18.4. The molecule has 1 aromatic heterocycles. The van der Waals surface area contributed by atoms with E-state index < -0.39 is 18.2 Å². The SMILES string of the molecule is CCC(=O)C1CC(O)CN1C(=O)C(C(C)C)n1cc(-c2ccccc2)nn1. The number of aliphatic hydroxyl groups is 1. The maximum Gasteiger partial charge on any atom is 0.248 e. The third-order valence-electron chi connectivity index (χ3n) is 5.03. The molecule has 2 heterocycles. The van der Waals surface area contributed by atoms with Crippen LogP contribution in [0, 0.1) is 5.92 Å². The van der Waals surface area contributed by atoms with Crippen LogP contribution < -0.4 is 0 Å². The smallest absolute Gasteiger partial charge is 0.248 e. The Balaban J connectivity index is 1.88. The quantitative estimate of drug-likeness (QED) is 0.841. The molecule has 3 atom stereocenters. The normalized spacial score (nSPS) is 20.9. The van der Waals surface area contributed by atoms with Crippen LogP contribution in [0.15, 0.2) is 36.5 Å². The van der Waals surface area contributed by atoms with E-state index in [4.69, 9.17) is 0 Å². The van der Waals surface area contributed by atoms with Gasteiger partial charge >= 0.3 is 0 Å². The molecule has 0 spiro atoms. The second-order valence-electron chi connectivity index (χ2n) is 7.35. The van der Waals surface area contributed by atoms with Gasteiger partial charge in [-0.3, -0.25) is 9.59 Å². The van der Waals surface area contributed by atoms with Crippen molar-refractivity contribution < 1.29 is 14.7 Å². The van der Waals surface area contributed by atoms with E-state index in [1.165, 1.54) is 4.90 Å². The number of ketones is 1. The Morgan fingerprint density at radius 1 is 1.26 bits per heavy atom. The number of β-amino-alcohol motifs (C(OH)–C–C–N with tert-alkyl or cyclic N) is 1. The van der Waals surface area contributed by atoms with Crippen LogP contribution >= 0.6 is 0 Å². The zero-order valence-corrected chi connectivity index (χ0v) is 15.9.